The summed E-state index contributed by atoms with van der Waals surface area (Å²) in [4.78, 5) is 1.01. The Hall–Kier alpha value is -2.76. The maximum Gasteiger partial charge on any atom is 0.224 e. The lowest BCUT2D eigenvalue weighted by molar-refractivity contribution is 0.358. The van der Waals surface area contributed by atoms with E-state index in [1.54, 1.807) is 23.1 Å². The van der Waals surface area contributed by atoms with Crippen molar-refractivity contribution in [3.8, 4) is 28.3 Å². The summed E-state index contributed by atoms with van der Waals surface area (Å²) in [5.41, 5.74) is 8.98. The van der Waals surface area contributed by atoms with Crippen molar-refractivity contribution in [3.63, 3.8) is 0 Å². The Morgan fingerprint density at radius 3 is 2.85 bits per heavy atom. The lowest BCUT2D eigenvalue weighted by Gasteiger charge is -2.25. The number of thiophene rings is 1. The molecule has 1 aliphatic heterocycles. The number of nitrogens with two attached hydrogens (primary N) is 1. The minimum atomic E-state index is -0.383. The molecule has 2 N–H and O–H groups in total. The largest absolute Gasteiger partial charge is 0.496 e. The second-order valence-electron chi connectivity index (χ2n) is 5.99. The van der Waals surface area contributed by atoms with Gasteiger partial charge in [0.25, 0.3) is 0 Å². The van der Waals surface area contributed by atoms with Crippen LogP contribution in [0.3, 0.4) is 0 Å². The van der Waals surface area contributed by atoms with Crippen molar-refractivity contribution in [3.05, 3.63) is 62.8 Å². The first-order chi connectivity index (χ1) is 13.0. The Bertz CT molecular complexity index is 1100. The monoisotopic (exact) mass is 442 g/mol. The van der Waals surface area contributed by atoms with Gasteiger partial charge in [-0.2, -0.15) is 10.4 Å². The van der Waals surface area contributed by atoms with E-state index >= 15 is 0 Å². The first-order valence-corrected chi connectivity index (χ1v) is 9.74. The van der Waals surface area contributed by atoms with E-state index in [2.05, 4.69) is 27.1 Å². The summed E-state index contributed by atoms with van der Waals surface area (Å²) in [6.45, 7) is 0. The zero-order chi connectivity index (χ0) is 19.1. The SMILES string of the molecule is COc1ccc(C2C(C#N)=C(N)Oc3c2c(-c2cccs2)nn3C)cc1Br. The molecule has 1 atom stereocenters. The molecule has 0 bridgehead atoms. The van der Waals surface area contributed by atoms with Gasteiger partial charge in [0.15, 0.2) is 0 Å². The number of hydrogen-bond acceptors (Lipinski definition) is 6. The van der Waals surface area contributed by atoms with Crippen LogP contribution in [0.4, 0.5) is 0 Å². The highest BCUT2D eigenvalue weighted by Gasteiger charge is 2.37. The summed E-state index contributed by atoms with van der Waals surface area (Å²) in [6.07, 6.45) is 0. The van der Waals surface area contributed by atoms with Gasteiger partial charge < -0.3 is 15.2 Å². The maximum absolute atomic E-state index is 9.79. The highest BCUT2D eigenvalue weighted by molar-refractivity contribution is 9.10. The summed E-state index contributed by atoms with van der Waals surface area (Å²) in [5, 5.41) is 16.4. The molecular weight excluding hydrogens is 428 g/mol. The minimum absolute atomic E-state index is 0.0997. The molecule has 3 heterocycles. The number of fused-ring (bicyclic) bond motifs is 1. The van der Waals surface area contributed by atoms with Gasteiger partial charge in [-0.15, -0.1) is 11.3 Å². The van der Waals surface area contributed by atoms with Crippen molar-refractivity contribution in [2.75, 3.05) is 7.11 Å². The van der Waals surface area contributed by atoms with Gasteiger partial charge in [-0.3, -0.25) is 0 Å². The first-order valence-electron chi connectivity index (χ1n) is 8.07. The fourth-order valence-electron chi connectivity index (χ4n) is 3.26. The van der Waals surface area contributed by atoms with Gasteiger partial charge in [0.05, 0.1) is 27.9 Å². The van der Waals surface area contributed by atoms with Crippen LogP contribution in [0, 0.1) is 11.3 Å². The zero-order valence-corrected chi connectivity index (χ0v) is 17.0. The maximum atomic E-state index is 9.79. The van der Waals surface area contributed by atoms with Crippen LogP contribution in [0.2, 0.25) is 0 Å². The molecule has 3 aromatic rings. The molecule has 0 radical (unpaired) electrons. The molecule has 27 heavy (non-hydrogen) atoms. The molecular formula is C19H15BrN4O2S. The number of methoxy groups -OCH3 is 1. The molecule has 0 saturated carbocycles. The Balaban J connectivity index is 1.98. The van der Waals surface area contributed by atoms with Gasteiger partial charge in [-0.05, 0) is 45.1 Å². The quantitative estimate of drug-likeness (QED) is 0.658. The second-order valence-corrected chi connectivity index (χ2v) is 7.79. The number of rotatable bonds is 3. The summed E-state index contributed by atoms with van der Waals surface area (Å²) in [7, 11) is 3.42. The molecule has 0 spiro atoms. The van der Waals surface area contributed by atoms with Gasteiger partial charge in [0, 0.05) is 7.05 Å². The molecule has 136 valence electrons. The van der Waals surface area contributed by atoms with E-state index in [-0.39, 0.29) is 11.8 Å². The van der Waals surface area contributed by atoms with Crippen molar-refractivity contribution in [2.45, 2.75) is 5.92 Å². The lowest BCUT2D eigenvalue weighted by atomic mass is 9.84. The van der Waals surface area contributed by atoms with E-state index in [9.17, 15) is 5.26 Å². The summed E-state index contributed by atoms with van der Waals surface area (Å²) in [5.74, 6) is 0.979. The van der Waals surface area contributed by atoms with Gasteiger partial charge in [0.2, 0.25) is 11.8 Å². The van der Waals surface area contributed by atoms with Gasteiger partial charge >= 0.3 is 0 Å². The number of nitrogens with zero attached hydrogens (tertiary/aromatic N) is 3. The number of halogens is 1. The van der Waals surface area contributed by atoms with Crippen molar-refractivity contribution in [1.82, 2.24) is 9.78 Å². The smallest absolute Gasteiger partial charge is 0.224 e. The first kappa shape index (κ1) is 17.6. The van der Waals surface area contributed by atoms with Gasteiger partial charge in [-0.25, -0.2) is 4.68 Å². The summed E-state index contributed by atoms with van der Waals surface area (Å²) >= 11 is 5.12. The molecule has 2 aromatic heterocycles. The number of aryl methyl sites for hydroxylation is 1. The van der Waals surface area contributed by atoms with Crippen LogP contribution < -0.4 is 15.2 Å². The number of hydrogen-bond donors (Lipinski definition) is 1. The molecule has 8 heteroatoms. The van der Waals surface area contributed by atoms with Crippen molar-refractivity contribution in [2.24, 2.45) is 12.8 Å². The molecule has 0 amide bonds. The average molecular weight is 443 g/mol. The van der Waals surface area contributed by atoms with Crippen LogP contribution in [0.25, 0.3) is 10.6 Å². The van der Waals surface area contributed by atoms with Crippen LogP contribution in [0.5, 0.6) is 11.6 Å². The highest BCUT2D eigenvalue weighted by atomic mass is 79.9. The molecule has 0 aliphatic carbocycles. The normalized spacial score (nSPS) is 15.9. The topological polar surface area (TPSA) is 86.1 Å². The van der Waals surface area contributed by atoms with Crippen LogP contribution in [0.1, 0.15) is 17.0 Å². The van der Waals surface area contributed by atoms with E-state index in [1.165, 1.54) is 0 Å². The number of ether oxygens (including phenoxy) is 2. The van der Waals surface area contributed by atoms with Crippen LogP contribution >= 0.6 is 27.3 Å². The Morgan fingerprint density at radius 1 is 1.41 bits per heavy atom. The standard InChI is InChI=1S/C19H15BrN4O2S/c1-24-19-16(17(23-24)14-4-3-7-27-14)15(11(9-21)18(22)26-19)10-5-6-13(25-2)12(20)8-10/h3-8,15H,22H2,1-2H3. The number of nitriles is 1. The van der Waals surface area contributed by atoms with E-state index in [0.29, 0.717) is 17.2 Å². The Kier molecular flexibility index (Phi) is 4.42. The lowest BCUT2D eigenvalue weighted by Crippen LogP contribution is -2.21. The Morgan fingerprint density at radius 2 is 2.22 bits per heavy atom. The van der Waals surface area contributed by atoms with Gasteiger partial charge in [-0.1, -0.05) is 12.1 Å². The molecule has 1 unspecified atom stereocenters. The van der Waals surface area contributed by atoms with Crippen LogP contribution in [-0.4, -0.2) is 16.9 Å². The highest BCUT2D eigenvalue weighted by Crippen LogP contribution is 2.48. The second kappa shape index (κ2) is 6.76. The van der Waals surface area contributed by atoms with E-state index < -0.39 is 0 Å². The van der Waals surface area contributed by atoms with Crippen LogP contribution in [0.15, 0.2) is 51.6 Å². The van der Waals surface area contributed by atoms with Gasteiger partial charge in [0.1, 0.15) is 23.1 Å². The molecule has 0 fully saturated rings. The number of allylic oxidation sites excluding steroid dienone is 1. The fraction of sp³-hybridized carbons (Fsp3) is 0.158. The third-order valence-electron chi connectivity index (χ3n) is 4.46. The van der Waals surface area contributed by atoms with Crippen molar-refractivity contribution in [1.29, 1.82) is 5.26 Å². The van der Waals surface area contributed by atoms with E-state index in [0.717, 1.165) is 26.2 Å². The third-order valence-corrected chi connectivity index (χ3v) is 5.96. The van der Waals surface area contributed by atoms with Crippen molar-refractivity contribution >= 4 is 27.3 Å². The Labute approximate surface area is 168 Å². The number of aromatic nitrogens is 2. The summed E-state index contributed by atoms with van der Waals surface area (Å²) < 4.78 is 13.6. The average Bonchev–Trinajstić information content (AvgIpc) is 3.29. The molecule has 1 aliphatic rings. The number of benzene rings is 1. The minimum Gasteiger partial charge on any atom is -0.496 e. The molecule has 1 aromatic carbocycles. The van der Waals surface area contributed by atoms with E-state index in [4.69, 9.17) is 15.2 Å². The van der Waals surface area contributed by atoms with Crippen LogP contribution in [-0.2, 0) is 7.05 Å². The molecule has 4 rings (SSSR count). The predicted octanol–water partition coefficient (Wildman–Crippen LogP) is 4.14. The zero-order valence-electron chi connectivity index (χ0n) is 14.6. The van der Waals surface area contributed by atoms with Crippen molar-refractivity contribution < 1.29 is 9.47 Å². The summed E-state index contributed by atoms with van der Waals surface area (Å²) in [6, 6.07) is 11.9. The van der Waals surface area contributed by atoms with E-state index in [1.807, 2.05) is 42.8 Å². The predicted molar refractivity (Wildman–Crippen MR) is 107 cm³/mol. The molecule has 6 nitrogen and oxygen atoms in total. The third kappa shape index (κ3) is 2.80. The molecule has 0 saturated heterocycles. The fourth-order valence-corrected chi connectivity index (χ4v) is 4.54.